The molecule has 3 heterocycles. The Morgan fingerprint density at radius 2 is 1.25 bits per heavy atom. The zero-order chi connectivity index (χ0) is 29.0. The quantitative estimate of drug-likeness (QED) is 0.225. The van der Waals surface area contributed by atoms with Crippen molar-refractivity contribution in [3.8, 4) is 22.3 Å². The molecule has 6 aromatic carbocycles. The van der Waals surface area contributed by atoms with Crippen LogP contribution in [0.3, 0.4) is 0 Å². The molecule has 1 N–H and O–H groups in total. The lowest BCUT2D eigenvalue weighted by atomic mass is 9.93. The summed E-state index contributed by atoms with van der Waals surface area (Å²) in [7, 11) is 0. The van der Waals surface area contributed by atoms with Crippen molar-refractivity contribution in [1.29, 1.82) is 0 Å². The molecule has 2 aliphatic rings. The standard InChI is InChI=1S/C40H27N3S/c1-3-13-26(14-4-1)33-25-37(42-40(41-33)27-15-5-2-6-16-27)43-34-21-11-9-18-29(34)32-23-24-36-38(39(32)43)31-20-8-7-17-28(31)30-19-10-12-22-35(30)44-36/h1-25,40,42H. The number of allylic oxidation sites excluding steroid dienone is 1. The van der Waals surface area contributed by atoms with E-state index in [9.17, 15) is 0 Å². The summed E-state index contributed by atoms with van der Waals surface area (Å²) < 4.78 is 2.43. The number of fused-ring (bicyclic) bond motifs is 9. The van der Waals surface area contributed by atoms with Gasteiger partial charge >= 0.3 is 0 Å². The van der Waals surface area contributed by atoms with Gasteiger partial charge in [-0.25, -0.2) is 0 Å². The molecule has 0 saturated carbocycles. The SMILES string of the molecule is C1=C(n2c3ccccc3c3ccc4c(c32)-c2ccccc2-c2ccccc2S4)NC(c2ccccc2)N=C1c1ccccc1. The van der Waals surface area contributed by atoms with Crippen LogP contribution in [-0.4, -0.2) is 10.3 Å². The smallest absolute Gasteiger partial charge is 0.146 e. The van der Waals surface area contributed by atoms with Crippen LogP contribution in [0.2, 0.25) is 0 Å². The van der Waals surface area contributed by atoms with Crippen molar-refractivity contribution in [2.75, 3.05) is 0 Å². The van der Waals surface area contributed by atoms with Gasteiger partial charge in [-0.2, -0.15) is 0 Å². The van der Waals surface area contributed by atoms with E-state index < -0.39 is 0 Å². The third-order valence-corrected chi connectivity index (χ3v) is 9.78. The fraction of sp³-hybridized carbons (Fsp3) is 0.0250. The topological polar surface area (TPSA) is 29.3 Å². The average Bonchev–Trinajstić information content (AvgIpc) is 3.35. The maximum Gasteiger partial charge on any atom is 0.146 e. The molecule has 4 heteroatoms. The number of hydrogen-bond acceptors (Lipinski definition) is 3. The summed E-state index contributed by atoms with van der Waals surface area (Å²) in [5, 5.41) is 6.32. The van der Waals surface area contributed by atoms with Crippen LogP contribution in [0, 0.1) is 0 Å². The minimum atomic E-state index is -0.226. The van der Waals surface area contributed by atoms with Crippen LogP contribution in [0.15, 0.2) is 166 Å². The van der Waals surface area contributed by atoms with Gasteiger partial charge in [0.1, 0.15) is 12.0 Å². The van der Waals surface area contributed by atoms with Crippen molar-refractivity contribution in [1.82, 2.24) is 9.88 Å². The molecule has 1 aromatic heterocycles. The molecule has 1 atom stereocenters. The molecule has 0 bridgehead atoms. The first kappa shape index (κ1) is 25.2. The lowest BCUT2D eigenvalue weighted by Crippen LogP contribution is -2.27. The first-order valence-electron chi connectivity index (χ1n) is 14.9. The van der Waals surface area contributed by atoms with E-state index >= 15 is 0 Å². The van der Waals surface area contributed by atoms with E-state index in [-0.39, 0.29) is 6.17 Å². The fourth-order valence-corrected chi connectivity index (χ4v) is 7.79. The Hall–Kier alpha value is -5.32. The lowest BCUT2D eigenvalue weighted by molar-refractivity contribution is 0.646. The Labute approximate surface area is 260 Å². The van der Waals surface area contributed by atoms with E-state index in [2.05, 4.69) is 162 Å². The van der Waals surface area contributed by atoms with E-state index in [1.165, 1.54) is 53.9 Å². The van der Waals surface area contributed by atoms with Crippen molar-refractivity contribution < 1.29 is 0 Å². The van der Waals surface area contributed by atoms with Gasteiger partial charge < -0.3 is 5.32 Å². The van der Waals surface area contributed by atoms with Gasteiger partial charge in [0.15, 0.2) is 0 Å². The molecule has 44 heavy (non-hydrogen) atoms. The van der Waals surface area contributed by atoms with Crippen molar-refractivity contribution >= 4 is 45.1 Å². The molecular formula is C40H27N3S. The van der Waals surface area contributed by atoms with Gasteiger partial charge in [-0.1, -0.05) is 139 Å². The molecule has 0 radical (unpaired) electrons. The van der Waals surface area contributed by atoms with Crippen LogP contribution in [0.5, 0.6) is 0 Å². The first-order valence-corrected chi connectivity index (χ1v) is 15.7. The van der Waals surface area contributed by atoms with Crippen molar-refractivity contribution in [2.45, 2.75) is 16.0 Å². The average molecular weight is 582 g/mol. The van der Waals surface area contributed by atoms with E-state index in [0.717, 1.165) is 22.7 Å². The second-order valence-corrected chi connectivity index (χ2v) is 12.3. The minimum absolute atomic E-state index is 0.226. The molecule has 0 fully saturated rings. The summed E-state index contributed by atoms with van der Waals surface area (Å²) in [5.74, 6) is 1.01. The van der Waals surface area contributed by atoms with Gasteiger partial charge in [-0.15, -0.1) is 0 Å². The fourth-order valence-electron chi connectivity index (χ4n) is 6.68. The van der Waals surface area contributed by atoms with E-state index in [1.807, 2.05) is 11.8 Å². The van der Waals surface area contributed by atoms with Crippen LogP contribution in [0.25, 0.3) is 49.9 Å². The largest absolute Gasteiger partial charge is 0.346 e. The minimum Gasteiger partial charge on any atom is -0.346 e. The van der Waals surface area contributed by atoms with Crippen molar-refractivity contribution in [2.24, 2.45) is 4.99 Å². The highest BCUT2D eigenvalue weighted by Gasteiger charge is 2.27. The molecule has 1 unspecified atom stereocenters. The Kier molecular flexibility index (Phi) is 5.81. The van der Waals surface area contributed by atoms with Gasteiger partial charge in [-0.05, 0) is 46.0 Å². The van der Waals surface area contributed by atoms with Crippen molar-refractivity contribution in [3.63, 3.8) is 0 Å². The maximum absolute atomic E-state index is 5.22. The summed E-state index contributed by atoms with van der Waals surface area (Å²) in [5.41, 5.74) is 10.6. The molecule has 0 aliphatic carbocycles. The molecule has 9 rings (SSSR count). The maximum atomic E-state index is 5.22. The zero-order valence-corrected chi connectivity index (χ0v) is 24.6. The highest BCUT2D eigenvalue weighted by atomic mass is 32.2. The summed E-state index contributed by atoms with van der Waals surface area (Å²) in [6.07, 6.45) is 1.99. The molecule has 0 spiro atoms. The Balaban J connectivity index is 1.37. The van der Waals surface area contributed by atoms with Gasteiger partial charge in [0, 0.05) is 32.2 Å². The first-order chi connectivity index (χ1) is 21.8. The zero-order valence-electron chi connectivity index (χ0n) is 23.8. The molecule has 208 valence electrons. The molecular weight excluding hydrogens is 555 g/mol. The van der Waals surface area contributed by atoms with Crippen LogP contribution in [0.1, 0.15) is 17.3 Å². The molecule has 3 nitrogen and oxygen atoms in total. The number of nitrogens with one attached hydrogen (secondary N) is 1. The monoisotopic (exact) mass is 581 g/mol. The second-order valence-electron chi connectivity index (χ2n) is 11.2. The predicted octanol–water partition coefficient (Wildman–Crippen LogP) is 10.2. The molecule has 7 aromatic rings. The summed E-state index contributed by atoms with van der Waals surface area (Å²) in [6, 6.07) is 52.0. The third kappa shape index (κ3) is 3.95. The molecule has 2 aliphatic heterocycles. The van der Waals surface area contributed by atoms with E-state index in [4.69, 9.17) is 4.99 Å². The Bertz CT molecular complexity index is 2280. The van der Waals surface area contributed by atoms with E-state index in [1.54, 1.807) is 0 Å². The van der Waals surface area contributed by atoms with Gasteiger partial charge in [0.05, 0.1) is 16.7 Å². The highest BCUT2D eigenvalue weighted by Crippen LogP contribution is 2.51. The number of rotatable bonds is 3. The number of para-hydroxylation sites is 1. The highest BCUT2D eigenvalue weighted by molar-refractivity contribution is 7.99. The number of benzene rings is 6. The van der Waals surface area contributed by atoms with Crippen LogP contribution >= 0.6 is 11.8 Å². The van der Waals surface area contributed by atoms with E-state index in [0.29, 0.717) is 0 Å². The van der Waals surface area contributed by atoms with Gasteiger partial charge in [0.2, 0.25) is 0 Å². The van der Waals surface area contributed by atoms with Gasteiger partial charge in [-0.3, -0.25) is 9.56 Å². The summed E-state index contributed by atoms with van der Waals surface area (Å²) >= 11 is 1.86. The lowest BCUT2D eigenvalue weighted by Gasteiger charge is -2.27. The molecule has 0 saturated heterocycles. The van der Waals surface area contributed by atoms with Crippen LogP contribution in [0.4, 0.5) is 0 Å². The normalized spacial score (nSPS) is 15.4. The van der Waals surface area contributed by atoms with Crippen LogP contribution < -0.4 is 5.32 Å². The second kappa shape index (κ2) is 10.1. The number of hydrogen-bond donors (Lipinski definition) is 1. The van der Waals surface area contributed by atoms with Crippen molar-refractivity contribution in [3.05, 3.63) is 163 Å². The Morgan fingerprint density at radius 3 is 2.09 bits per heavy atom. The molecule has 0 amide bonds. The summed E-state index contributed by atoms with van der Waals surface area (Å²) in [6.45, 7) is 0. The number of aromatic nitrogens is 1. The Morgan fingerprint density at radius 1 is 0.568 bits per heavy atom. The number of aliphatic imine (C=N–C) groups is 1. The van der Waals surface area contributed by atoms with Gasteiger partial charge in [0.25, 0.3) is 0 Å². The van der Waals surface area contributed by atoms with Crippen LogP contribution in [-0.2, 0) is 0 Å². The summed E-state index contributed by atoms with van der Waals surface area (Å²) in [4.78, 5) is 7.75. The predicted molar refractivity (Wildman–Crippen MR) is 184 cm³/mol. The number of nitrogens with zero attached hydrogens (tertiary/aromatic N) is 2. The third-order valence-electron chi connectivity index (χ3n) is 8.64.